The zero-order chi connectivity index (χ0) is 13.8. The molecule has 2 saturated heterocycles. The van der Waals surface area contributed by atoms with E-state index in [1.165, 1.54) is 30.5 Å². The number of anilines is 1. The van der Waals surface area contributed by atoms with Crippen LogP contribution in [0.1, 0.15) is 52.5 Å². The molecule has 4 unspecified atom stereocenters. The molecule has 2 bridgehead atoms. The highest BCUT2D eigenvalue weighted by Crippen LogP contribution is 2.57. The maximum atomic E-state index is 2.74. The number of aryl methyl sites for hydroxylation is 1. The van der Waals surface area contributed by atoms with Gasteiger partial charge >= 0.3 is 0 Å². The van der Waals surface area contributed by atoms with Crippen molar-refractivity contribution in [2.24, 2.45) is 11.3 Å². The first-order chi connectivity index (χ1) is 8.88. The molecule has 4 atom stereocenters. The first-order valence-corrected chi connectivity index (χ1v) is 7.73. The second-order valence-electron chi connectivity index (χ2n) is 7.44. The van der Waals surface area contributed by atoms with Crippen LogP contribution in [-0.4, -0.2) is 11.6 Å². The van der Waals surface area contributed by atoms with Crippen molar-refractivity contribution in [1.82, 2.24) is 0 Å². The topological polar surface area (TPSA) is 3.24 Å². The number of fused-ring (bicyclic) bond motifs is 3. The van der Waals surface area contributed by atoms with Gasteiger partial charge in [0.15, 0.2) is 0 Å². The van der Waals surface area contributed by atoms with E-state index < -0.39 is 0 Å². The van der Waals surface area contributed by atoms with Gasteiger partial charge in [0, 0.05) is 17.3 Å². The molecule has 2 aliphatic heterocycles. The minimum absolute atomic E-state index is 0.350. The lowest BCUT2D eigenvalue weighted by Gasteiger charge is -2.65. The van der Waals surface area contributed by atoms with Gasteiger partial charge in [-0.3, -0.25) is 0 Å². The molecule has 1 aliphatic carbocycles. The maximum Gasteiger partial charge on any atom is 0.0403 e. The normalized spacial score (nSPS) is 41.6. The summed E-state index contributed by atoms with van der Waals surface area (Å²) in [6, 6.07) is 9.53. The van der Waals surface area contributed by atoms with Crippen molar-refractivity contribution in [1.29, 1.82) is 0 Å². The summed E-state index contributed by atoms with van der Waals surface area (Å²) in [5, 5.41) is 0. The van der Waals surface area contributed by atoms with Crippen molar-refractivity contribution in [3.8, 4) is 0 Å². The average molecular weight is 257 g/mol. The highest BCUT2D eigenvalue weighted by molar-refractivity contribution is 5.57. The van der Waals surface area contributed by atoms with Crippen LogP contribution in [0.5, 0.6) is 0 Å². The minimum Gasteiger partial charge on any atom is -0.363 e. The molecule has 1 saturated carbocycles. The van der Waals surface area contributed by atoms with Crippen LogP contribution in [0.25, 0.3) is 0 Å². The molecule has 104 valence electrons. The van der Waals surface area contributed by atoms with Crippen LogP contribution < -0.4 is 4.90 Å². The SMILES string of the molecule is Cc1ccccc1N1C(C)C2(C)CCC1(C)CC2C. The zero-order valence-corrected chi connectivity index (χ0v) is 13.0. The quantitative estimate of drug-likeness (QED) is 0.699. The van der Waals surface area contributed by atoms with E-state index in [-0.39, 0.29) is 0 Å². The van der Waals surface area contributed by atoms with Crippen molar-refractivity contribution < 1.29 is 0 Å². The summed E-state index contributed by atoms with van der Waals surface area (Å²) >= 11 is 0. The van der Waals surface area contributed by atoms with E-state index in [1.807, 2.05) is 0 Å². The highest BCUT2D eigenvalue weighted by Gasteiger charge is 2.56. The van der Waals surface area contributed by atoms with E-state index in [4.69, 9.17) is 0 Å². The molecule has 3 aliphatic rings. The molecule has 2 heterocycles. The van der Waals surface area contributed by atoms with E-state index in [1.54, 1.807) is 0 Å². The molecular weight excluding hydrogens is 230 g/mol. The lowest BCUT2D eigenvalue weighted by Crippen LogP contribution is -2.68. The molecule has 0 amide bonds. The van der Waals surface area contributed by atoms with Gasteiger partial charge in [0.2, 0.25) is 0 Å². The van der Waals surface area contributed by atoms with Crippen LogP contribution in [0.15, 0.2) is 24.3 Å². The summed E-state index contributed by atoms with van der Waals surface area (Å²) in [6.07, 6.45) is 4.06. The van der Waals surface area contributed by atoms with E-state index in [0.717, 1.165) is 5.92 Å². The number of piperidine rings is 2. The minimum atomic E-state index is 0.350. The predicted octanol–water partition coefficient (Wildman–Crippen LogP) is 4.79. The van der Waals surface area contributed by atoms with Crippen LogP contribution in [0.3, 0.4) is 0 Å². The largest absolute Gasteiger partial charge is 0.363 e. The van der Waals surface area contributed by atoms with Gasteiger partial charge in [0.05, 0.1) is 0 Å². The van der Waals surface area contributed by atoms with Gasteiger partial charge < -0.3 is 4.90 Å². The third kappa shape index (κ3) is 1.67. The fraction of sp³-hybridized carbons (Fsp3) is 0.667. The van der Waals surface area contributed by atoms with Gasteiger partial charge in [0.1, 0.15) is 0 Å². The smallest absolute Gasteiger partial charge is 0.0403 e. The molecule has 4 rings (SSSR count). The Morgan fingerprint density at radius 2 is 1.79 bits per heavy atom. The molecule has 0 N–H and O–H groups in total. The molecule has 1 aromatic carbocycles. The number of rotatable bonds is 1. The first kappa shape index (κ1) is 13.0. The summed E-state index contributed by atoms with van der Waals surface area (Å²) in [7, 11) is 0. The lowest BCUT2D eigenvalue weighted by molar-refractivity contribution is -0.00506. The van der Waals surface area contributed by atoms with Gasteiger partial charge in [-0.25, -0.2) is 0 Å². The molecule has 1 aromatic rings. The van der Waals surface area contributed by atoms with Crippen LogP contribution in [0, 0.1) is 18.3 Å². The number of hydrogen-bond acceptors (Lipinski definition) is 1. The fourth-order valence-corrected chi connectivity index (χ4v) is 4.71. The van der Waals surface area contributed by atoms with Crippen molar-refractivity contribution in [3.63, 3.8) is 0 Å². The summed E-state index contributed by atoms with van der Waals surface area (Å²) in [5.74, 6) is 0.835. The predicted molar refractivity (Wildman–Crippen MR) is 82.6 cm³/mol. The second-order valence-corrected chi connectivity index (χ2v) is 7.44. The molecule has 0 radical (unpaired) electrons. The average Bonchev–Trinajstić information content (AvgIpc) is 2.35. The fourth-order valence-electron chi connectivity index (χ4n) is 4.71. The second kappa shape index (κ2) is 4.01. The Balaban J connectivity index is 2.10. The molecular formula is C18H27N. The first-order valence-electron chi connectivity index (χ1n) is 7.73. The maximum absolute atomic E-state index is 2.74. The Morgan fingerprint density at radius 3 is 2.42 bits per heavy atom. The molecule has 19 heavy (non-hydrogen) atoms. The van der Waals surface area contributed by atoms with E-state index in [0.29, 0.717) is 17.0 Å². The lowest BCUT2D eigenvalue weighted by atomic mass is 9.54. The third-order valence-electron chi connectivity index (χ3n) is 6.37. The Morgan fingerprint density at radius 1 is 1.11 bits per heavy atom. The highest BCUT2D eigenvalue weighted by atomic mass is 15.3. The molecule has 0 aromatic heterocycles. The molecule has 0 spiro atoms. The van der Waals surface area contributed by atoms with Crippen molar-refractivity contribution in [2.45, 2.75) is 65.5 Å². The summed E-state index contributed by atoms with van der Waals surface area (Å²) in [5.41, 5.74) is 3.69. The van der Waals surface area contributed by atoms with Crippen LogP contribution in [0.4, 0.5) is 5.69 Å². The summed E-state index contributed by atoms with van der Waals surface area (Å²) in [4.78, 5) is 2.74. The Hall–Kier alpha value is -0.980. The van der Waals surface area contributed by atoms with E-state index in [9.17, 15) is 0 Å². The number of benzene rings is 1. The van der Waals surface area contributed by atoms with Gasteiger partial charge in [0.25, 0.3) is 0 Å². The van der Waals surface area contributed by atoms with Gasteiger partial charge in [-0.15, -0.1) is 0 Å². The zero-order valence-electron chi connectivity index (χ0n) is 13.0. The Bertz CT molecular complexity index is 494. The van der Waals surface area contributed by atoms with Crippen molar-refractivity contribution in [3.05, 3.63) is 29.8 Å². The summed E-state index contributed by atoms with van der Waals surface area (Å²) < 4.78 is 0. The molecule has 1 heteroatoms. The Labute approximate surface area is 118 Å². The standard InChI is InChI=1S/C18H27N/c1-13-8-6-7-9-16(13)19-15(3)18(5)11-10-17(19,4)12-14(18)2/h6-9,14-15H,10-12H2,1-5H3. The number of para-hydroxylation sites is 1. The van der Waals surface area contributed by atoms with Crippen LogP contribution in [-0.2, 0) is 0 Å². The Kier molecular flexibility index (Phi) is 2.75. The van der Waals surface area contributed by atoms with Crippen LogP contribution in [0.2, 0.25) is 0 Å². The third-order valence-corrected chi connectivity index (χ3v) is 6.37. The summed E-state index contributed by atoms with van der Waals surface area (Å²) in [6.45, 7) is 12.1. The molecule has 1 nitrogen and oxygen atoms in total. The van der Waals surface area contributed by atoms with Crippen molar-refractivity contribution >= 4 is 5.69 Å². The number of nitrogens with zero attached hydrogens (tertiary/aromatic N) is 1. The molecule has 3 fully saturated rings. The van der Waals surface area contributed by atoms with E-state index in [2.05, 4.69) is 63.8 Å². The van der Waals surface area contributed by atoms with Crippen LogP contribution >= 0.6 is 0 Å². The van der Waals surface area contributed by atoms with Gasteiger partial charge in [-0.05, 0) is 63.0 Å². The van der Waals surface area contributed by atoms with Crippen molar-refractivity contribution in [2.75, 3.05) is 4.90 Å². The van der Waals surface area contributed by atoms with Gasteiger partial charge in [-0.2, -0.15) is 0 Å². The monoisotopic (exact) mass is 257 g/mol. The van der Waals surface area contributed by atoms with E-state index >= 15 is 0 Å². The number of hydrogen-bond donors (Lipinski definition) is 0. The van der Waals surface area contributed by atoms with Gasteiger partial charge in [-0.1, -0.05) is 32.0 Å².